The van der Waals surface area contributed by atoms with Crippen molar-refractivity contribution in [3.63, 3.8) is 0 Å². The van der Waals surface area contributed by atoms with E-state index in [1.165, 1.54) is 17.6 Å². The van der Waals surface area contributed by atoms with Gasteiger partial charge in [0.15, 0.2) is 0 Å². The number of aryl methyl sites for hydroxylation is 1. The number of hydrogen-bond donors (Lipinski definition) is 0. The number of halogens is 1. The summed E-state index contributed by atoms with van der Waals surface area (Å²) in [5.74, 6) is 0.452. The molecule has 19 heavy (non-hydrogen) atoms. The van der Waals surface area contributed by atoms with Gasteiger partial charge in [0.05, 0.1) is 18.5 Å². The maximum atomic E-state index is 12.0. The van der Waals surface area contributed by atoms with Gasteiger partial charge in [-0.05, 0) is 18.4 Å². The van der Waals surface area contributed by atoms with E-state index < -0.39 is 0 Å². The van der Waals surface area contributed by atoms with Gasteiger partial charge in [-0.2, -0.15) is 0 Å². The third-order valence-corrected chi connectivity index (χ3v) is 3.77. The number of carbonyl (C=O) groups is 1. The van der Waals surface area contributed by atoms with E-state index in [4.69, 9.17) is 20.9 Å². The van der Waals surface area contributed by atoms with E-state index in [2.05, 4.69) is 5.16 Å². The van der Waals surface area contributed by atoms with E-state index in [1.54, 1.807) is 18.9 Å². The first kappa shape index (κ1) is 13.9. The Morgan fingerprint density at radius 3 is 3.00 bits per heavy atom. The molecule has 0 bridgehead atoms. The summed E-state index contributed by atoms with van der Waals surface area (Å²) in [6.45, 7) is 2.16. The fraction of sp³-hybridized carbons (Fsp3) is 0.333. The first-order valence-corrected chi connectivity index (χ1v) is 6.96. The molecule has 0 aliphatic rings. The summed E-state index contributed by atoms with van der Waals surface area (Å²) < 4.78 is 10.1. The van der Waals surface area contributed by atoms with Crippen molar-refractivity contribution in [2.24, 2.45) is 0 Å². The van der Waals surface area contributed by atoms with E-state index in [1.807, 2.05) is 11.4 Å². The van der Waals surface area contributed by atoms with Crippen molar-refractivity contribution in [2.45, 2.75) is 13.5 Å². The van der Waals surface area contributed by atoms with Crippen LogP contribution in [0, 0.1) is 6.92 Å². The molecule has 0 saturated carbocycles. The third kappa shape index (κ3) is 2.90. The molecule has 7 heteroatoms. The van der Waals surface area contributed by atoms with Crippen molar-refractivity contribution < 1.29 is 14.1 Å². The highest BCUT2D eigenvalue weighted by molar-refractivity contribution is 7.10. The smallest absolute Gasteiger partial charge is 0.242 e. The Bertz CT molecular complexity index is 567. The number of nitrogens with zero attached hydrogens (tertiary/aromatic N) is 2. The lowest BCUT2D eigenvalue weighted by Gasteiger charge is -2.20. The van der Waals surface area contributed by atoms with Crippen LogP contribution in [0.25, 0.3) is 0 Å². The molecular formula is C12H13ClN2O3S. The van der Waals surface area contributed by atoms with E-state index in [0.717, 1.165) is 10.6 Å². The number of ether oxygens (including phenoxy) is 1. The zero-order valence-electron chi connectivity index (χ0n) is 10.6. The number of alkyl halides is 1. The van der Waals surface area contributed by atoms with Crippen molar-refractivity contribution in [1.29, 1.82) is 0 Å². The Balaban J connectivity index is 2.30. The zero-order valence-corrected chi connectivity index (χ0v) is 12.1. The van der Waals surface area contributed by atoms with Crippen LogP contribution < -0.4 is 9.64 Å². The molecule has 1 amide bonds. The summed E-state index contributed by atoms with van der Waals surface area (Å²) in [4.78, 5) is 14.5. The van der Waals surface area contributed by atoms with Crippen LogP contribution in [0.3, 0.4) is 0 Å². The van der Waals surface area contributed by atoms with E-state index in [9.17, 15) is 4.79 Å². The molecule has 5 nitrogen and oxygen atoms in total. The van der Waals surface area contributed by atoms with Crippen molar-refractivity contribution in [3.8, 4) is 5.75 Å². The Morgan fingerprint density at radius 1 is 1.63 bits per heavy atom. The maximum absolute atomic E-state index is 12.0. The number of aromatic nitrogens is 1. The molecule has 0 aliphatic carbocycles. The Kier molecular flexibility index (Phi) is 4.44. The highest BCUT2D eigenvalue weighted by Crippen LogP contribution is 2.29. The van der Waals surface area contributed by atoms with Crippen molar-refractivity contribution in [2.75, 3.05) is 17.9 Å². The van der Waals surface area contributed by atoms with Crippen molar-refractivity contribution in [3.05, 3.63) is 28.3 Å². The summed E-state index contributed by atoms with van der Waals surface area (Å²) in [6.07, 6.45) is 1.44. The fourth-order valence-corrected chi connectivity index (χ4v) is 2.67. The average molecular weight is 301 g/mol. The van der Waals surface area contributed by atoms with Crippen LogP contribution in [0.1, 0.15) is 10.6 Å². The van der Waals surface area contributed by atoms with E-state index in [-0.39, 0.29) is 11.8 Å². The van der Waals surface area contributed by atoms with Crippen LogP contribution in [-0.2, 0) is 11.3 Å². The predicted octanol–water partition coefficient (Wildman–Crippen LogP) is 2.83. The van der Waals surface area contributed by atoms with Crippen LogP contribution in [0.5, 0.6) is 5.75 Å². The molecule has 0 N–H and O–H groups in total. The van der Waals surface area contributed by atoms with Crippen molar-refractivity contribution in [1.82, 2.24) is 5.16 Å². The molecule has 0 radical (unpaired) electrons. The van der Waals surface area contributed by atoms with Crippen LogP contribution >= 0.6 is 22.9 Å². The number of hydrogen-bond acceptors (Lipinski definition) is 5. The zero-order chi connectivity index (χ0) is 13.8. The summed E-state index contributed by atoms with van der Waals surface area (Å²) in [7, 11) is 1.60. The fourth-order valence-electron chi connectivity index (χ4n) is 1.70. The van der Waals surface area contributed by atoms with Gasteiger partial charge in [-0.25, -0.2) is 0 Å². The second kappa shape index (κ2) is 6.08. The molecule has 2 aromatic heterocycles. The van der Waals surface area contributed by atoms with Gasteiger partial charge >= 0.3 is 0 Å². The second-order valence-corrected chi connectivity index (χ2v) is 5.08. The number of rotatable bonds is 5. The van der Waals surface area contributed by atoms with Crippen molar-refractivity contribution >= 4 is 34.5 Å². The largest absolute Gasteiger partial charge is 0.496 e. The predicted molar refractivity (Wildman–Crippen MR) is 74.0 cm³/mol. The summed E-state index contributed by atoms with van der Waals surface area (Å²) in [5, 5.41) is 5.70. The molecule has 0 aliphatic heterocycles. The summed E-state index contributed by atoms with van der Waals surface area (Å²) in [5.41, 5.74) is 1.27. The number of carbonyl (C=O) groups excluding carboxylic acids is 1. The van der Waals surface area contributed by atoms with Crippen LogP contribution in [0.15, 0.2) is 22.2 Å². The molecule has 0 unspecified atom stereocenters. The van der Waals surface area contributed by atoms with Gasteiger partial charge in [-0.3, -0.25) is 4.79 Å². The molecule has 102 valence electrons. The van der Waals surface area contributed by atoms with Gasteiger partial charge in [-0.1, -0.05) is 5.16 Å². The van der Waals surface area contributed by atoms with Crippen LogP contribution in [0.2, 0.25) is 0 Å². The molecule has 0 spiro atoms. The lowest BCUT2D eigenvalue weighted by atomic mass is 10.3. The normalized spacial score (nSPS) is 10.5. The average Bonchev–Trinajstić information content (AvgIpc) is 3.03. The molecule has 0 atom stereocenters. The Hall–Kier alpha value is -1.53. The van der Waals surface area contributed by atoms with Gasteiger partial charge in [0.2, 0.25) is 5.91 Å². The summed E-state index contributed by atoms with van der Waals surface area (Å²) in [6, 6.07) is 1.86. The molecule has 2 rings (SSSR count). The van der Waals surface area contributed by atoms with Crippen LogP contribution in [-0.4, -0.2) is 24.1 Å². The lowest BCUT2D eigenvalue weighted by Crippen LogP contribution is -2.31. The van der Waals surface area contributed by atoms with Gasteiger partial charge in [0, 0.05) is 0 Å². The monoisotopic (exact) mass is 300 g/mol. The quantitative estimate of drug-likeness (QED) is 0.797. The topological polar surface area (TPSA) is 55.6 Å². The highest BCUT2D eigenvalue weighted by Gasteiger charge is 2.21. The minimum Gasteiger partial charge on any atom is -0.496 e. The second-order valence-electron chi connectivity index (χ2n) is 3.81. The number of methoxy groups -OCH3 is 1. The minimum absolute atomic E-state index is 0.0989. The molecule has 0 saturated heterocycles. The number of amides is 1. The Labute approximate surface area is 119 Å². The lowest BCUT2D eigenvalue weighted by molar-refractivity contribution is -0.116. The highest BCUT2D eigenvalue weighted by atomic mass is 35.5. The Morgan fingerprint density at radius 2 is 2.42 bits per heavy atom. The van der Waals surface area contributed by atoms with Gasteiger partial charge in [0.25, 0.3) is 0 Å². The molecule has 0 fully saturated rings. The van der Waals surface area contributed by atoms with Gasteiger partial charge in [0.1, 0.15) is 29.3 Å². The maximum Gasteiger partial charge on any atom is 0.242 e. The van der Waals surface area contributed by atoms with E-state index in [0.29, 0.717) is 17.9 Å². The standard InChI is InChI=1S/C12H13ClN2O3S/c1-8-9(7-18-14-8)15(12(16)5-13)6-11-10(17-2)3-4-19-11/h3-4,7H,5-6H2,1-2H3. The SMILES string of the molecule is COc1ccsc1CN(C(=O)CCl)c1conc1C. The first-order valence-electron chi connectivity index (χ1n) is 5.55. The minimum atomic E-state index is -0.205. The molecule has 0 aromatic carbocycles. The first-order chi connectivity index (χ1) is 9.17. The van der Waals surface area contributed by atoms with Crippen LogP contribution in [0.4, 0.5) is 5.69 Å². The molecule has 2 aromatic rings. The summed E-state index contributed by atoms with van der Waals surface area (Å²) >= 11 is 7.18. The molecular weight excluding hydrogens is 288 g/mol. The number of thiophene rings is 1. The third-order valence-electron chi connectivity index (χ3n) is 2.66. The molecule has 2 heterocycles. The number of anilines is 1. The van der Waals surface area contributed by atoms with Gasteiger partial charge < -0.3 is 14.2 Å². The van der Waals surface area contributed by atoms with Gasteiger partial charge in [-0.15, -0.1) is 22.9 Å². The van der Waals surface area contributed by atoms with E-state index >= 15 is 0 Å².